The van der Waals surface area contributed by atoms with Crippen LogP contribution in [0.25, 0.3) is 5.65 Å². The smallest absolute Gasteiger partial charge is 0.235 e. The van der Waals surface area contributed by atoms with Gasteiger partial charge in [0, 0.05) is 12.4 Å². The van der Waals surface area contributed by atoms with E-state index in [1.807, 2.05) is 25.1 Å². The second-order valence-corrected chi connectivity index (χ2v) is 4.58. The van der Waals surface area contributed by atoms with Gasteiger partial charge in [-0.3, -0.25) is 14.5 Å². The first kappa shape index (κ1) is 13.8. The molecule has 0 bridgehead atoms. The molecule has 0 unspecified atom stereocenters. The van der Waals surface area contributed by atoms with Crippen molar-refractivity contribution in [3.05, 3.63) is 36.2 Å². The quantitative estimate of drug-likeness (QED) is 0.697. The van der Waals surface area contributed by atoms with Crippen molar-refractivity contribution < 1.29 is 9.53 Å². The maximum atomic E-state index is 10.6. The molecule has 112 valence electrons. The predicted octanol–water partition coefficient (Wildman–Crippen LogP) is 1.75. The third-order valence-electron chi connectivity index (χ3n) is 3.12. The molecule has 8 heteroatoms. The molecule has 0 fully saturated rings. The number of carbonyl (C=O) groups is 1. The summed E-state index contributed by atoms with van der Waals surface area (Å²) in [5.74, 6) is 1.53. The van der Waals surface area contributed by atoms with E-state index >= 15 is 0 Å². The van der Waals surface area contributed by atoms with E-state index in [-0.39, 0.29) is 0 Å². The highest BCUT2D eigenvalue weighted by molar-refractivity contribution is 5.75. The molecule has 1 amide bonds. The lowest BCUT2D eigenvalue weighted by Gasteiger charge is -2.11. The summed E-state index contributed by atoms with van der Waals surface area (Å²) in [4.78, 5) is 14.8. The molecule has 2 heterocycles. The van der Waals surface area contributed by atoms with Crippen LogP contribution in [0.2, 0.25) is 0 Å². The van der Waals surface area contributed by atoms with Crippen molar-refractivity contribution in [3.63, 3.8) is 0 Å². The summed E-state index contributed by atoms with van der Waals surface area (Å²) < 4.78 is 6.97. The molecule has 0 spiro atoms. The number of fused-ring (bicyclic) bond motifs is 1. The molecular formula is C14H14N6O2. The number of anilines is 3. The summed E-state index contributed by atoms with van der Waals surface area (Å²) in [5.41, 5.74) is 2.35. The summed E-state index contributed by atoms with van der Waals surface area (Å²) in [6.45, 7) is 1.99. The van der Waals surface area contributed by atoms with E-state index in [0.29, 0.717) is 29.6 Å². The van der Waals surface area contributed by atoms with Crippen molar-refractivity contribution >= 4 is 29.5 Å². The first-order chi connectivity index (χ1) is 10.7. The molecule has 2 N–H and O–H groups in total. The Hall–Kier alpha value is -3.16. The van der Waals surface area contributed by atoms with E-state index in [9.17, 15) is 4.79 Å². The Balaban J connectivity index is 2.04. The van der Waals surface area contributed by atoms with E-state index < -0.39 is 0 Å². The van der Waals surface area contributed by atoms with Crippen molar-refractivity contribution in [1.82, 2.24) is 19.6 Å². The summed E-state index contributed by atoms with van der Waals surface area (Å²) in [5, 5.41) is 13.6. The second kappa shape index (κ2) is 5.68. The van der Waals surface area contributed by atoms with Crippen LogP contribution in [0.1, 0.15) is 5.56 Å². The maximum Gasteiger partial charge on any atom is 0.235 e. The van der Waals surface area contributed by atoms with Gasteiger partial charge in [0.2, 0.25) is 18.0 Å². The van der Waals surface area contributed by atoms with Gasteiger partial charge in [-0.25, -0.2) is 4.98 Å². The van der Waals surface area contributed by atoms with Crippen molar-refractivity contribution in [1.29, 1.82) is 0 Å². The number of methoxy groups -OCH3 is 1. The topological polar surface area (TPSA) is 93.4 Å². The van der Waals surface area contributed by atoms with Gasteiger partial charge in [0.1, 0.15) is 5.75 Å². The van der Waals surface area contributed by atoms with Crippen LogP contribution in [0.4, 0.5) is 17.5 Å². The van der Waals surface area contributed by atoms with Gasteiger partial charge in [-0.15, -0.1) is 10.2 Å². The van der Waals surface area contributed by atoms with Crippen LogP contribution < -0.4 is 15.4 Å². The number of nitrogens with one attached hydrogen (secondary N) is 2. The van der Waals surface area contributed by atoms with Gasteiger partial charge >= 0.3 is 0 Å². The fraction of sp³-hybridized carbons (Fsp3) is 0.143. The molecule has 0 atom stereocenters. The summed E-state index contributed by atoms with van der Waals surface area (Å²) in [7, 11) is 1.60. The molecule has 1 aromatic carbocycles. The normalized spacial score (nSPS) is 10.5. The van der Waals surface area contributed by atoms with Crippen LogP contribution in [0.3, 0.4) is 0 Å². The molecule has 0 aliphatic rings. The van der Waals surface area contributed by atoms with E-state index in [1.165, 1.54) is 0 Å². The average Bonchev–Trinajstić information content (AvgIpc) is 2.92. The standard InChI is InChI=1S/C14H14N6O2/c1-9-3-4-11(22-2)10(7-9)17-12-13-18-19-14(16-8-21)20(13)6-5-15-12/h3-8H,1-2H3,(H,15,17)(H,16,19,21). The SMILES string of the molecule is COc1ccc(C)cc1Nc1nccn2c(NC=O)nnc12. The summed E-state index contributed by atoms with van der Waals surface area (Å²) >= 11 is 0. The molecule has 3 rings (SSSR count). The van der Waals surface area contributed by atoms with Crippen molar-refractivity contribution in [2.75, 3.05) is 17.7 Å². The van der Waals surface area contributed by atoms with E-state index in [2.05, 4.69) is 25.8 Å². The van der Waals surface area contributed by atoms with Gasteiger partial charge in [0.15, 0.2) is 5.82 Å². The molecule has 2 aromatic heterocycles. The highest BCUT2D eigenvalue weighted by Crippen LogP contribution is 2.29. The molecule has 8 nitrogen and oxygen atoms in total. The fourth-order valence-corrected chi connectivity index (χ4v) is 2.11. The Labute approximate surface area is 126 Å². The number of carbonyl (C=O) groups excluding carboxylic acids is 1. The minimum absolute atomic E-state index is 0.326. The molecule has 0 aliphatic heterocycles. The molecular weight excluding hydrogens is 284 g/mol. The zero-order valence-electron chi connectivity index (χ0n) is 12.1. The maximum absolute atomic E-state index is 10.6. The number of aromatic nitrogens is 4. The summed E-state index contributed by atoms with van der Waals surface area (Å²) in [6.07, 6.45) is 3.81. The number of rotatable bonds is 5. The van der Waals surface area contributed by atoms with Crippen LogP contribution >= 0.6 is 0 Å². The highest BCUT2D eigenvalue weighted by atomic mass is 16.5. The van der Waals surface area contributed by atoms with Crippen LogP contribution in [0, 0.1) is 6.92 Å². The Morgan fingerprint density at radius 3 is 2.95 bits per heavy atom. The average molecular weight is 298 g/mol. The minimum Gasteiger partial charge on any atom is -0.495 e. The number of benzene rings is 1. The lowest BCUT2D eigenvalue weighted by molar-refractivity contribution is -0.105. The Morgan fingerprint density at radius 1 is 1.32 bits per heavy atom. The zero-order valence-corrected chi connectivity index (χ0v) is 12.1. The predicted molar refractivity (Wildman–Crippen MR) is 81.5 cm³/mol. The minimum atomic E-state index is 0.326. The van der Waals surface area contributed by atoms with Gasteiger partial charge in [0.25, 0.3) is 0 Å². The Bertz CT molecular complexity index is 829. The highest BCUT2D eigenvalue weighted by Gasteiger charge is 2.12. The van der Waals surface area contributed by atoms with E-state index in [1.54, 1.807) is 23.9 Å². The molecule has 3 aromatic rings. The van der Waals surface area contributed by atoms with Crippen LogP contribution in [0.15, 0.2) is 30.6 Å². The Kier molecular flexibility index (Phi) is 3.57. The van der Waals surface area contributed by atoms with Gasteiger partial charge in [-0.2, -0.15) is 0 Å². The van der Waals surface area contributed by atoms with Gasteiger partial charge < -0.3 is 10.1 Å². The lowest BCUT2D eigenvalue weighted by Crippen LogP contribution is -2.02. The van der Waals surface area contributed by atoms with E-state index in [4.69, 9.17) is 4.74 Å². The largest absolute Gasteiger partial charge is 0.495 e. The van der Waals surface area contributed by atoms with E-state index in [0.717, 1.165) is 11.3 Å². The Morgan fingerprint density at radius 2 is 2.18 bits per heavy atom. The van der Waals surface area contributed by atoms with Gasteiger partial charge in [0.05, 0.1) is 12.8 Å². The number of ether oxygens (including phenoxy) is 1. The number of hydrogen-bond donors (Lipinski definition) is 2. The molecule has 0 aliphatic carbocycles. The summed E-state index contributed by atoms with van der Waals surface area (Å²) in [6, 6.07) is 5.78. The molecule has 0 saturated carbocycles. The third kappa shape index (κ3) is 2.41. The number of nitrogens with zero attached hydrogens (tertiary/aromatic N) is 4. The zero-order chi connectivity index (χ0) is 15.5. The van der Waals surface area contributed by atoms with Crippen LogP contribution in [0.5, 0.6) is 5.75 Å². The van der Waals surface area contributed by atoms with Gasteiger partial charge in [-0.1, -0.05) is 6.07 Å². The molecule has 22 heavy (non-hydrogen) atoms. The number of aryl methyl sites for hydroxylation is 1. The fourth-order valence-electron chi connectivity index (χ4n) is 2.11. The third-order valence-corrected chi connectivity index (χ3v) is 3.12. The van der Waals surface area contributed by atoms with Gasteiger partial charge in [-0.05, 0) is 24.6 Å². The number of hydrogen-bond acceptors (Lipinski definition) is 6. The van der Waals surface area contributed by atoms with Crippen LogP contribution in [-0.4, -0.2) is 33.1 Å². The monoisotopic (exact) mass is 298 g/mol. The first-order valence-electron chi connectivity index (χ1n) is 6.54. The second-order valence-electron chi connectivity index (χ2n) is 4.58. The van der Waals surface area contributed by atoms with Crippen molar-refractivity contribution in [3.8, 4) is 5.75 Å². The van der Waals surface area contributed by atoms with Crippen LogP contribution in [-0.2, 0) is 4.79 Å². The molecule has 0 radical (unpaired) electrons. The lowest BCUT2D eigenvalue weighted by atomic mass is 10.2. The number of amides is 1. The van der Waals surface area contributed by atoms with Crippen molar-refractivity contribution in [2.45, 2.75) is 6.92 Å². The molecule has 0 saturated heterocycles. The van der Waals surface area contributed by atoms with Crippen molar-refractivity contribution in [2.24, 2.45) is 0 Å². The first-order valence-corrected chi connectivity index (χ1v) is 6.54.